The second-order valence-electron chi connectivity index (χ2n) is 8.15. The van der Waals surface area contributed by atoms with Gasteiger partial charge in [-0.3, -0.25) is 4.79 Å². The number of anilines is 1. The number of benzene rings is 3. The van der Waals surface area contributed by atoms with Gasteiger partial charge in [0.15, 0.2) is 11.0 Å². The standard InChI is InChI=1S/C27H25N5O2S2/c1-3-32-24(16-34-21-7-5-4-6-8-21)30-31-27(32)35-17-25(33)28-20-12-10-19(11-13-20)26-29-22-14-9-18(2)15-23(22)36-26/h4-15H,3,16-17H2,1-2H3,(H,28,33). The van der Waals surface area contributed by atoms with Gasteiger partial charge in [0.2, 0.25) is 5.91 Å². The number of thioether (sulfide) groups is 1. The molecular formula is C27H25N5O2S2. The van der Waals surface area contributed by atoms with Crippen LogP contribution in [0.5, 0.6) is 5.75 Å². The van der Waals surface area contributed by atoms with E-state index < -0.39 is 0 Å². The fourth-order valence-corrected chi connectivity index (χ4v) is 5.58. The SMILES string of the molecule is CCn1c(COc2ccccc2)nnc1SCC(=O)Nc1ccc(-c2nc3ccc(C)cc3s2)cc1. The maximum atomic E-state index is 12.6. The van der Waals surface area contributed by atoms with Gasteiger partial charge in [-0.15, -0.1) is 21.5 Å². The van der Waals surface area contributed by atoms with Crippen LogP contribution >= 0.6 is 23.1 Å². The van der Waals surface area contributed by atoms with Crippen LogP contribution in [0.3, 0.4) is 0 Å². The van der Waals surface area contributed by atoms with Crippen LogP contribution in [0.2, 0.25) is 0 Å². The first kappa shape index (κ1) is 24.0. The molecule has 0 spiro atoms. The summed E-state index contributed by atoms with van der Waals surface area (Å²) in [7, 11) is 0. The molecule has 0 aliphatic carbocycles. The van der Waals surface area contributed by atoms with Crippen LogP contribution in [0, 0.1) is 6.92 Å². The molecule has 7 nitrogen and oxygen atoms in total. The van der Waals surface area contributed by atoms with E-state index in [2.05, 4.69) is 40.6 Å². The van der Waals surface area contributed by atoms with Crippen molar-refractivity contribution in [2.75, 3.05) is 11.1 Å². The Kier molecular flexibility index (Phi) is 7.29. The van der Waals surface area contributed by atoms with Gasteiger partial charge in [-0.25, -0.2) is 4.98 Å². The molecule has 0 bridgehead atoms. The average Bonchev–Trinajstić information content (AvgIpc) is 3.50. The number of fused-ring (bicyclic) bond motifs is 1. The maximum absolute atomic E-state index is 12.6. The van der Waals surface area contributed by atoms with Crippen molar-refractivity contribution in [1.82, 2.24) is 19.7 Å². The minimum Gasteiger partial charge on any atom is -0.486 e. The first-order valence-electron chi connectivity index (χ1n) is 11.6. The van der Waals surface area contributed by atoms with Gasteiger partial charge in [-0.2, -0.15) is 0 Å². The van der Waals surface area contributed by atoms with E-state index in [4.69, 9.17) is 9.72 Å². The quantitative estimate of drug-likeness (QED) is 0.236. The molecule has 1 amide bonds. The lowest BCUT2D eigenvalue weighted by Crippen LogP contribution is -2.14. The Hall–Kier alpha value is -3.69. The van der Waals surface area contributed by atoms with Crippen LogP contribution < -0.4 is 10.1 Å². The van der Waals surface area contributed by atoms with E-state index >= 15 is 0 Å². The van der Waals surface area contributed by atoms with Gasteiger partial charge >= 0.3 is 0 Å². The molecule has 0 fully saturated rings. The third-order valence-corrected chi connectivity index (χ3v) is 7.55. The molecular weight excluding hydrogens is 490 g/mol. The highest BCUT2D eigenvalue weighted by atomic mass is 32.2. The number of aromatic nitrogens is 4. The maximum Gasteiger partial charge on any atom is 0.234 e. The molecule has 5 aromatic rings. The van der Waals surface area contributed by atoms with Crippen LogP contribution in [0.1, 0.15) is 18.3 Å². The Morgan fingerprint density at radius 1 is 1.06 bits per heavy atom. The lowest BCUT2D eigenvalue weighted by atomic mass is 10.2. The van der Waals surface area contributed by atoms with Crippen molar-refractivity contribution in [2.24, 2.45) is 0 Å². The highest BCUT2D eigenvalue weighted by molar-refractivity contribution is 7.99. The van der Waals surface area contributed by atoms with Gasteiger partial charge in [0.1, 0.15) is 17.4 Å². The molecule has 0 saturated heterocycles. The molecule has 3 aromatic carbocycles. The number of hydrogen-bond donors (Lipinski definition) is 1. The van der Waals surface area contributed by atoms with Crippen LogP contribution in [0.15, 0.2) is 78.0 Å². The number of carbonyl (C=O) groups is 1. The van der Waals surface area contributed by atoms with Crippen molar-refractivity contribution in [3.8, 4) is 16.3 Å². The Bertz CT molecular complexity index is 1480. The van der Waals surface area contributed by atoms with E-state index in [0.29, 0.717) is 18.3 Å². The Labute approximate surface area is 217 Å². The number of hydrogen-bond acceptors (Lipinski definition) is 7. The van der Waals surface area contributed by atoms with Crippen LogP contribution in [0.4, 0.5) is 5.69 Å². The summed E-state index contributed by atoms with van der Waals surface area (Å²) in [5, 5.41) is 13.1. The number of rotatable bonds is 9. The zero-order chi connectivity index (χ0) is 24.9. The molecule has 2 aromatic heterocycles. The molecule has 0 saturated carbocycles. The summed E-state index contributed by atoms with van der Waals surface area (Å²) in [6.07, 6.45) is 0. The summed E-state index contributed by atoms with van der Waals surface area (Å²) in [6, 6.07) is 23.7. The van der Waals surface area contributed by atoms with Gasteiger partial charge in [-0.1, -0.05) is 36.0 Å². The molecule has 182 valence electrons. The van der Waals surface area contributed by atoms with Crippen molar-refractivity contribution in [3.63, 3.8) is 0 Å². The monoisotopic (exact) mass is 515 g/mol. The number of para-hydroxylation sites is 1. The van der Waals surface area contributed by atoms with Gasteiger partial charge in [0.25, 0.3) is 0 Å². The third-order valence-electron chi connectivity index (χ3n) is 5.51. The fraction of sp³-hybridized carbons (Fsp3) is 0.185. The van der Waals surface area contributed by atoms with Crippen molar-refractivity contribution in [1.29, 1.82) is 0 Å². The second kappa shape index (κ2) is 10.9. The lowest BCUT2D eigenvalue weighted by molar-refractivity contribution is -0.113. The van der Waals surface area contributed by atoms with E-state index in [0.717, 1.165) is 33.3 Å². The Morgan fingerprint density at radius 3 is 2.64 bits per heavy atom. The van der Waals surface area contributed by atoms with E-state index in [1.807, 2.05) is 66.1 Å². The van der Waals surface area contributed by atoms with Crippen LogP contribution in [-0.2, 0) is 17.9 Å². The summed E-state index contributed by atoms with van der Waals surface area (Å²) in [6.45, 7) is 5.11. The number of ether oxygens (including phenoxy) is 1. The van der Waals surface area contributed by atoms with E-state index in [1.165, 1.54) is 22.0 Å². The smallest absolute Gasteiger partial charge is 0.234 e. The molecule has 0 aliphatic rings. The minimum atomic E-state index is -0.101. The summed E-state index contributed by atoms with van der Waals surface area (Å²) >= 11 is 3.03. The first-order valence-corrected chi connectivity index (χ1v) is 13.4. The van der Waals surface area contributed by atoms with Gasteiger partial charge in [0.05, 0.1) is 16.0 Å². The molecule has 9 heteroatoms. The summed E-state index contributed by atoms with van der Waals surface area (Å²) in [4.78, 5) is 17.3. The normalized spacial score (nSPS) is 11.1. The van der Waals surface area contributed by atoms with Crippen molar-refractivity contribution in [3.05, 3.63) is 84.2 Å². The predicted molar refractivity (Wildman–Crippen MR) is 146 cm³/mol. The molecule has 0 radical (unpaired) electrons. The minimum absolute atomic E-state index is 0.101. The zero-order valence-electron chi connectivity index (χ0n) is 20.0. The molecule has 0 aliphatic heterocycles. The average molecular weight is 516 g/mol. The molecule has 5 rings (SSSR count). The van der Waals surface area contributed by atoms with Gasteiger partial charge in [-0.05, 0) is 67.9 Å². The zero-order valence-corrected chi connectivity index (χ0v) is 21.6. The van der Waals surface area contributed by atoms with Crippen LogP contribution in [-0.4, -0.2) is 31.4 Å². The number of amides is 1. The van der Waals surface area contributed by atoms with Crippen molar-refractivity contribution >= 4 is 44.9 Å². The summed E-state index contributed by atoms with van der Waals surface area (Å²) < 4.78 is 8.94. The number of thiazole rings is 1. The number of carbonyl (C=O) groups excluding carboxylic acids is 1. The molecule has 36 heavy (non-hydrogen) atoms. The molecule has 2 heterocycles. The fourth-order valence-electron chi connectivity index (χ4n) is 3.69. The van der Waals surface area contributed by atoms with Crippen LogP contribution in [0.25, 0.3) is 20.8 Å². The molecule has 0 atom stereocenters. The largest absolute Gasteiger partial charge is 0.486 e. The van der Waals surface area contributed by atoms with Crippen molar-refractivity contribution in [2.45, 2.75) is 32.2 Å². The Morgan fingerprint density at radius 2 is 1.86 bits per heavy atom. The van der Waals surface area contributed by atoms with E-state index in [9.17, 15) is 4.79 Å². The summed E-state index contributed by atoms with van der Waals surface area (Å²) in [5.74, 6) is 1.64. The van der Waals surface area contributed by atoms with Crippen molar-refractivity contribution < 1.29 is 9.53 Å². The van der Waals surface area contributed by atoms with Gasteiger partial charge < -0.3 is 14.6 Å². The Balaban J connectivity index is 1.17. The first-order chi connectivity index (χ1) is 17.6. The predicted octanol–water partition coefficient (Wildman–Crippen LogP) is 6.19. The number of nitrogens with one attached hydrogen (secondary N) is 1. The van der Waals surface area contributed by atoms with E-state index in [1.54, 1.807) is 11.3 Å². The topological polar surface area (TPSA) is 81.9 Å². The van der Waals surface area contributed by atoms with E-state index in [-0.39, 0.29) is 11.7 Å². The number of nitrogens with zero attached hydrogens (tertiary/aromatic N) is 4. The lowest BCUT2D eigenvalue weighted by Gasteiger charge is -2.09. The highest BCUT2D eigenvalue weighted by Gasteiger charge is 2.14. The molecule has 0 unspecified atom stereocenters. The second-order valence-corrected chi connectivity index (χ2v) is 10.1. The van der Waals surface area contributed by atoms with Gasteiger partial charge in [0, 0.05) is 17.8 Å². The molecule has 1 N–H and O–H groups in total. The highest BCUT2D eigenvalue weighted by Crippen LogP contribution is 2.31. The number of aryl methyl sites for hydroxylation is 1. The summed E-state index contributed by atoms with van der Waals surface area (Å²) in [5.41, 5.74) is 4.00. The third kappa shape index (κ3) is 5.58.